The summed E-state index contributed by atoms with van der Waals surface area (Å²) in [7, 11) is 1.50. The second-order valence-corrected chi connectivity index (χ2v) is 5.88. The van der Waals surface area contributed by atoms with E-state index in [-0.39, 0.29) is 13.0 Å². The Balaban J connectivity index is 2.24. The van der Waals surface area contributed by atoms with Crippen LogP contribution in [0.2, 0.25) is 0 Å². The van der Waals surface area contributed by atoms with E-state index in [9.17, 15) is 14.0 Å². The Morgan fingerprint density at radius 2 is 2.19 bits per heavy atom. The van der Waals surface area contributed by atoms with E-state index in [1.54, 1.807) is 19.1 Å². The van der Waals surface area contributed by atoms with Crippen LogP contribution >= 0.6 is 15.9 Å². The maximum Gasteiger partial charge on any atom is 0.408 e. The summed E-state index contributed by atoms with van der Waals surface area (Å²) in [4.78, 5) is 29.9. The minimum atomic E-state index is -1.32. The summed E-state index contributed by atoms with van der Waals surface area (Å²) in [6, 6.07) is 2.43. The third kappa shape index (κ3) is 3.31. The molecule has 0 saturated carbocycles. The topological polar surface area (TPSA) is 73.7 Å². The molecule has 1 aromatic heterocycles. The smallest absolute Gasteiger partial charge is 0.408 e. The molecule has 0 unspecified atom stereocenters. The number of amides is 2. The number of hydrogen-bond donors (Lipinski definition) is 1. The van der Waals surface area contributed by atoms with E-state index < -0.39 is 24.2 Å². The summed E-state index contributed by atoms with van der Waals surface area (Å²) >= 11 is 3.32. The van der Waals surface area contributed by atoms with E-state index in [1.807, 2.05) is 0 Å². The number of nitrogens with zero attached hydrogens (tertiary/aromatic N) is 3. The van der Waals surface area contributed by atoms with Crippen molar-refractivity contribution in [1.29, 1.82) is 0 Å². The van der Waals surface area contributed by atoms with Crippen LogP contribution in [0.15, 0.2) is 16.6 Å². The number of aromatic nitrogens is 1. The Morgan fingerprint density at radius 3 is 2.76 bits per heavy atom. The van der Waals surface area contributed by atoms with Crippen LogP contribution in [0.5, 0.6) is 0 Å². The molecule has 2 atom stereocenters. The van der Waals surface area contributed by atoms with E-state index in [2.05, 4.69) is 20.9 Å². The maximum atomic E-state index is 13.4. The number of likely N-dealkylation sites (N-methyl/N-ethyl adjacent to an activating group) is 1. The number of likely N-dealkylation sites (tertiary alicyclic amines) is 1. The van der Waals surface area contributed by atoms with Crippen molar-refractivity contribution in [3.63, 3.8) is 0 Å². The van der Waals surface area contributed by atoms with Gasteiger partial charge in [0, 0.05) is 23.6 Å². The fraction of sp³-hybridized carbons (Fsp3) is 0.462. The fourth-order valence-electron chi connectivity index (χ4n) is 2.35. The van der Waals surface area contributed by atoms with Crippen molar-refractivity contribution in [2.24, 2.45) is 0 Å². The highest BCUT2D eigenvalue weighted by atomic mass is 79.9. The van der Waals surface area contributed by atoms with Gasteiger partial charge in [0.25, 0.3) is 5.91 Å². The van der Waals surface area contributed by atoms with Gasteiger partial charge in [-0.2, -0.15) is 0 Å². The first-order chi connectivity index (χ1) is 9.79. The quantitative estimate of drug-likeness (QED) is 0.878. The normalized spacial score (nSPS) is 21.4. The molecule has 2 rings (SSSR count). The first kappa shape index (κ1) is 15.7. The number of rotatable bonds is 2. The van der Waals surface area contributed by atoms with E-state index in [1.165, 1.54) is 11.9 Å². The highest BCUT2D eigenvalue weighted by Crippen LogP contribution is 2.25. The molecular weight excluding hydrogens is 345 g/mol. The van der Waals surface area contributed by atoms with Gasteiger partial charge in [0.1, 0.15) is 18.0 Å². The number of alkyl halides is 1. The molecule has 1 aliphatic heterocycles. The second-order valence-electron chi connectivity index (χ2n) is 4.97. The molecule has 6 nitrogen and oxygen atoms in total. The molecular formula is C13H15BrFN3O3. The molecule has 21 heavy (non-hydrogen) atoms. The Labute approximate surface area is 129 Å². The van der Waals surface area contributed by atoms with Gasteiger partial charge in [-0.05, 0) is 19.1 Å². The Kier molecular flexibility index (Phi) is 4.46. The molecule has 2 amide bonds. The molecule has 114 valence electrons. The molecule has 0 radical (unpaired) electrons. The minimum absolute atomic E-state index is 0.123. The number of hydrogen-bond acceptors (Lipinski definition) is 3. The summed E-state index contributed by atoms with van der Waals surface area (Å²) in [5, 5.41) is 9.06. The van der Waals surface area contributed by atoms with Crippen LogP contribution in [0.3, 0.4) is 0 Å². The van der Waals surface area contributed by atoms with Crippen LogP contribution in [0, 0.1) is 6.92 Å². The molecule has 0 bridgehead atoms. The number of carbonyl (C=O) groups is 2. The first-order valence-corrected chi connectivity index (χ1v) is 7.14. The molecule has 0 spiro atoms. The molecule has 2 heterocycles. The van der Waals surface area contributed by atoms with Crippen LogP contribution in [0.25, 0.3) is 0 Å². The van der Waals surface area contributed by atoms with Crippen molar-refractivity contribution in [1.82, 2.24) is 9.88 Å². The van der Waals surface area contributed by atoms with Crippen LogP contribution in [0.4, 0.5) is 15.0 Å². The molecule has 0 aliphatic carbocycles. The fourth-order valence-corrected chi connectivity index (χ4v) is 2.88. The van der Waals surface area contributed by atoms with Crippen molar-refractivity contribution >= 4 is 33.7 Å². The summed E-state index contributed by atoms with van der Waals surface area (Å²) < 4.78 is 14.2. The monoisotopic (exact) mass is 359 g/mol. The summed E-state index contributed by atoms with van der Waals surface area (Å²) in [5.74, 6) is -0.0953. The molecule has 1 aromatic rings. The lowest BCUT2D eigenvalue weighted by atomic mass is 10.2. The number of aryl methyl sites for hydroxylation is 1. The molecule has 1 N–H and O–H groups in total. The average Bonchev–Trinajstić information content (AvgIpc) is 2.78. The standard InChI is InChI=1S/C13H15BrFN3O3/c1-7-3-8(14)4-11(16-7)17(2)12(19)10-5-9(15)6-18(10)13(20)21/h3-4,9-10H,5-6H2,1-2H3,(H,20,21)/t9-,10+/m1/s1. The van der Waals surface area contributed by atoms with Crippen LogP contribution in [0.1, 0.15) is 12.1 Å². The summed E-state index contributed by atoms with van der Waals surface area (Å²) in [6.45, 7) is 1.51. The largest absolute Gasteiger partial charge is 0.465 e. The molecule has 8 heteroatoms. The van der Waals surface area contributed by atoms with Gasteiger partial charge >= 0.3 is 6.09 Å². The van der Waals surface area contributed by atoms with Gasteiger partial charge in [-0.15, -0.1) is 0 Å². The SMILES string of the molecule is Cc1cc(Br)cc(N(C)C(=O)[C@@H]2C[C@@H](F)CN2C(=O)O)n1. The molecule has 0 aromatic carbocycles. The van der Waals surface area contributed by atoms with Gasteiger partial charge in [0.05, 0.1) is 6.54 Å². The average molecular weight is 360 g/mol. The van der Waals surface area contributed by atoms with Gasteiger partial charge < -0.3 is 5.11 Å². The summed E-state index contributed by atoms with van der Waals surface area (Å²) in [6.07, 6.45) is -2.73. The number of halogens is 2. The van der Waals surface area contributed by atoms with Gasteiger partial charge in [-0.25, -0.2) is 14.2 Å². The zero-order chi connectivity index (χ0) is 15.7. The Morgan fingerprint density at radius 1 is 1.52 bits per heavy atom. The lowest BCUT2D eigenvalue weighted by Gasteiger charge is -2.25. The molecule has 1 aliphatic rings. The van der Waals surface area contributed by atoms with Crippen molar-refractivity contribution < 1.29 is 19.1 Å². The number of carbonyl (C=O) groups excluding carboxylic acids is 1. The van der Waals surface area contributed by atoms with Gasteiger partial charge in [-0.3, -0.25) is 14.6 Å². The van der Waals surface area contributed by atoms with E-state index >= 15 is 0 Å². The summed E-state index contributed by atoms with van der Waals surface area (Å²) in [5.41, 5.74) is 0.712. The molecule has 1 saturated heterocycles. The van der Waals surface area contributed by atoms with E-state index in [0.29, 0.717) is 11.5 Å². The van der Waals surface area contributed by atoms with Crippen LogP contribution in [-0.4, -0.2) is 52.8 Å². The molecule has 1 fully saturated rings. The highest BCUT2D eigenvalue weighted by molar-refractivity contribution is 9.10. The van der Waals surface area contributed by atoms with Crippen molar-refractivity contribution in [2.75, 3.05) is 18.5 Å². The maximum absolute atomic E-state index is 13.4. The predicted octanol–water partition coefficient (Wildman–Crippen LogP) is 2.21. The van der Waals surface area contributed by atoms with Crippen molar-refractivity contribution in [3.8, 4) is 0 Å². The third-order valence-electron chi connectivity index (χ3n) is 3.36. The van der Waals surface area contributed by atoms with E-state index in [0.717, 1.165) is 9.37 Å². The van der Waals surface area contributed by atoms with Crippen LogP contribution < -0.4 is 4.90 Å². The zero-order valence-electron chi connectivity index (χ0n) is 11.6. The van der Waals surface area contributed by atoms with Gasteiger partial charge in [0.2, 0.25) is 0 Å². The van der Waals surface area contributed by atoms with Gasteiger partial charge in [0.15, 0.2) is 0 Å². The number of anilines is 1. The minimum Gasteiger partial charge on any atom is -0.465 e. The lowest BCUT2D eigenvalue weighted by molar-refractivity contribution is -0.122. The Hall–Kier alpha value is -1.70. The van der Waals surface area contributed by atoms with Gasteiger partial charge in [-0.1, -0.05) is 15.9 Å². The van der Waals surface area contributed by atoms with E-state index in [4.69, 9.17) is 5.11 Å². The number of pyridine rings is 1. The zero-order valence-corrected chi connectivity index (χ0v) is 13.2. The van der Waals surface area contributed by atoms with Crippen molar-refractivity contribution in [2.45, 2.75) is 25.6 Å². The first-order valence-electron chi connectivity index (χ1n) is 6.35. The third-order valence-corrected chi connectivity index (χ3v) is 3.82. The van der Waals surface area contributed by atoms with Crippen molar-refractivity contribution in [3.05, 3.63) is 22.3 Å². The highest BCUT2D eigenvalue weighted by Gasteiger charge is 2.41. The predicted molar refractivity (Wildman–Crippen MR) is 78.1 cm³/mol. The Bertz CT molecular complexity index is 564. The lowest BCUT2D eigenvalue weighted by Crippen LogP contribution is -2.46. The number of carboxylic acid groups (broad SMARTS) is 1. The van der Waals surface area contributed by atoms with Crippen LogP contribution in [-0.2, 0) is 4.79 Å². The second kappa shape index (κ2) is 5.97.